The smallest absolute Gasteiger partial charge is 0.408 e. The molecule has 1 aromatic carbocycles. The van der Waals surface area contributed by atoms with Crippen LogP contribution < -0.4 is 11.1 Å². The number of nitrogens with one attached hydrogen (secondary N) is 1. The highest BCUT2D eigenvalue weighted by Gasteiger charge is 2.21. The number of benzene rings is 1. The number of hydrogen-bond acceptors (Lipinski definition) is 6. The Morgan fingerprint density at radius 2 is 1.83 bits per heavy atom. The number of carbonyl (C=O) groups is 3. The first-order valence-corrected chi connectivity index (χ1v) is 7.59. The molecule has 1 amide bonds. The van der Waals surface area contributed by atoms with Gasteiger partial charge in [0, 0.05) is 0 Å². The fourth-order valence-electron chi connectivity index (χ4n) is 1.31. The number of aliphatic carboxylic acids is 1. The van der Waals surface area contributed by atoms with Gasteiger partial charge in [-0.2, -0.15) is 0 Å². The highest BCUT2D eigenvalue weighted by molar-refractivity contribution is 6.19. The van der Waals surface area contributed by atoms with Crippen LogP contribution in [0, 0.1) is 0 Å². The van der Waals surface area contributed by atoms with E-state index in [1.165, 1.54) is 0 Å². The standard InChI is InChI=1S/C13H16ClNO4.C2H5NO2/c1-2-18-12(16)11(8-14)15-13(17)19-9-10-6-4-3-5-7-10;3-1-2(4)5/h3-7,11H,2,8-9H2,1H3,(H,15,17);1,3H2,(H,4,5)/t11-;/m0./s1. The van der Waals surface area contributed by atoms with E-state index in [1.54, 1.807) is 6.92 Å². The zero-order chi connectivity index (χ0) is 18.4. The summed E-state index contributed by atoms with van der Waals surface area (Å²) in [5.41, 5.74) is 5.43. The van der Waals surface area contributed by atoms with Gasteiger partial charge in [0.2, 0.25) is 0 Å². The summed E-state index contributed by atoms with van der Waals surface area (Å²) < 4.78 is 9.74. The van der Waals surface area contributed by atoms with E-state index in [0.29, 0.717) is 0 Å². The SMILES string of the molecule is CCOC(=O)[C@H](CCl)NC(=O)OCc1ccccc1.NCC(=O)O. The number of rotatable bonds is 7. The summed E-state index contributed by atoms with van der Waals surface area (Å²) in [6, 6.07) is 8.32. The minimum atomic E-state index is -0.968. The summed E-state index contributed by atoms with van der Waals surface area (Å²) in [6.07, 6.45) is -0.706. The third-order valence-electron chi connectivity index (χ3n) is 2.40. The number of carbonyl (C=O) groups excluding carboxylic acids is 2. The molecule has 9 heteroatoms. The Labute approximate surface area is 144 Å². The number of esters is 1. The molecular formula is C15H21ClN2O6. The fraction of sp³-hybridized carbons (Fsp3) is 0.400. The molecule has 1 atom stereocenters. The molecule has 0 spiro atoms. The minimum absolute atomic E-state index is 0.0702. The van der Waals surface area contributed by atoms with E-state index in [-0.39, 0.29) is 25.6 Å². The highest BCUT2D eigenvalue weighted by Crippen LogP contribution is 2.01. The van der Waals surface area contributed by atoms with Gasteiger partial charge in [-0.15, -0.1) is 11.6 Å². The zero-order valence-electron chi connectivity index (χ0n) is 13.2. The molecular weight excluding hydrogens is 340 g/mol. The van der Waals surface area contributed by atoms with Gasteiger partial charge in [-0.3, -0.25) is 4.79 Å². The second-order valence-corrected chi connectivity index (χ2v) is 4.57. The third-order valence-corrected chi connectivity index (χ3v) is 2.71. The number of ether oxygens (including phenoxy) is 2. The Morgan fingerprint density at radius 1 is 1.25 bits per heavy atom. The molecule has 1 aromatic rings. The van der Waals surface area contributed by atoms with Crippen molar-refractivity contribution >= 4 is 29.6 Å². The Balaban J connectivity index is 0.000000922. The number of hydrogen-bond donors (Lipinski definition) is 3. The number of alkyl carbamates (subject to hydrolysis) is 1. The van der Waals surface area contributed by atoms with Gasteiger partial charge in [-0.25, -0.2) is 9.59 Å². The van der Waals surface area contributed by atoms with Crippen molar-refractivity contribution in [1.82, 2.24) is 5.32 Å². The maximum atomic E-state index is 11.5. The van der Waals surface area contributed by atoms with Gasteiger partial charge in [0.05, 0.1) is 19.0 Å². The number of carboxylic acid groups (broad SMARTS) is 1. The first-order chi connectivity index (χ1) is 11.4. The van der Waals surface area contributed by atoms with Gasteiger partial charge < -0.3 is 25.6 Å². The molecule has 1 rings (SSSR count). The van der Waals surface area contributed by atoms with Gasteiger partial charge in [-0.05, 0) is 12.5 Å². The Hall–Kier alpha value is -2.32. The fourth-order valence-corrected chi connectivity index (χ4v) is 1.51. The predicted molar refractivity (Wildman–Crippen MR) is 87.6 cm³/mol. The van der Waals surface area contributed by atoms with Crippen molar-refractivity contribution in [3.8, 4) is 0 Å². The van der Waals surface area contributed by atoms with Crippen LogP contribution in [0.25, 0.3) is 0 Å². The number of halogens is 1. The Bertz CT molecular complexity index is 512. The normalized spacial score (nSPS) is 10.6. The van der Waals surface area contributed by atoms with Gasteiger partial charge in [0.25, 0.3) is 0 Å². The van der Waals surface area contributed by atoms with E-state index in [4.69, 9.17) is 26.2 Å². The van der Waals surface area contributed by atoms with Crippen molar-refractivity contribution in [3.05, 3.63) is 35.9 Å². The first-order valence-electron chi connectivity index (χ1n) is 7.06. The second kappa shape index (κ2) is 13.1. The lowest BCUT2D eigenvalue weighted by Crippen LogP contribution is -2.43. The average molecular weight is 361 g/mol. The molecule has 0 saturated carbocycles. The Kier molecular flexibility index (Phi) is 11.9. The Morgan fingerprint density at radius 3 is 2.29 bits per heavy atom. The van der Waals surface area contributed by atoms with E-state index in [0.717, 1.165) is 5.56 Å². The molecule has 0 aliphatic heterocycles. The van der Waals surface area contributed by atoms with Crippen LogP contribution in [0.4, 0.5) is 4.79 Å². The lowest BCUT2D eigenvalue weighted by Gasteiger charge is -2.14. The van der Waals surface area contributed by atoms with Crippen molar-refractivity contribution in [1.29, 1.82) is 0 Å². The van der Waals surface area contributed by atoms with Gasteiger partial charge >= 0.3 is 18.0 Å². The monoisotopic (exact) mass is 360 g/mol. The van der Waals surface area contributed by atoms with Crippen LogP contribution in [0.5, 0.6) is 0 Å². The van der Waals surface area contributed by atoms with E-state index in [1.807, 2.05) is 30.3 Å². The molecule has 0 fully saturated rings. The van der Waals surface area contributed by atoms with Crippen LogP contribution >= 0.6 is 11.6 Å². The van der Waals surface area contributed by atoms with Gasteiger partial charge in [0.15, 0.2) is 0 Å². The maximum Gasteiger partial charge on any atom is 0.408 e. The lowest BCUT2D eigenvalue weighted by atomic mass is 10.2. The van der Waals surface area contributed by atoms with Gasteiger partial charge in [-0.1, -0.05) is 30.3 Å². The number of nitrogens with two attached hydrogens (primary N) is 1. The van der Waals surface area contributed by atoms with Crippen LogP contribution in [-0.4, -0.2) is 48.2 Å². The molecule has 4 N–H and O–H groups in total. The first kappa shape index (κ1) is 21.7. The number of carboxylic acids is 1. The molecule has 134 valence electrons. The summed E-state index contributed by atoms with van der Waals surface area (Å²) in [4.78, 5) is 32.1. The topological polar surface area (TPSA) is 128 Å². The molecule has 0 aliphatic carbocycles. The molecule has 0 heterocycles. The predicted octanol–water partition coefficient (Wildman–Crippen LogP) is 1.11. The molecule has 0 unspecified atom stereocenters. The highest BCUT2D eigenvalue weighted by atomic mass is 35.5. The molecule has 8 nitrogen and oxygen atoms in total. The molecule has 0 saturated heterocycles. The quantitative estimate of drug-likeness (QED) is 0.490. The number of amides is 1. The van der Waals surface area contributed by atoms with Crippen LogP contribution in [0.2, 0.25) is 0 Å². The van der Waals surface area contributed by atoms with E-state index in [2.05, 4.69) is 11.1 Å². The maximum absolute atomic E-state index is 11.5. The van der Waals surface area contributed by atoms with Crippen LogP contribution in [-0.2, 0) is 25.7 Å². The molecule has 0 bridgehead atoms. The zero-order valence-corrected chi connectivity index (χ0v) is 14.0. The summed E-state index contributed by atoms with van der Waals surface area (Å²) in [5.74, 6) is -1.61. The third kappa shape index (κ3) is 10.4. The van der Waals surface area contributed by atoms with Crippen LogP contribution in [0.15, 0.2) is 30.3 Å². The summed E-state index contributed by atoms with van der Waals surface area (Å²) in [6.45, 7) is 1.76. The molecule has 0 aromatic heterocycles. The van der Waals surface area contributed by atoms with Crippen molar-refractivity contribution in [2.45, 2.75) is 19.6 Å². The van der Waals surface area contributed by atoms with Crippen molar-refractivity contribution in [2.24, 2.45) is 5.73 Å². The van der Waals surface area contributed by atoms with Crippen LogP contribution in [0.3, 0.4) is 0 Å². The summed E-state index contributed by atoms with van der Waals surface area (Å²) >= 11 is 5.59. The number of alkyl halides is 1. The second-order valence-electron chi connectivity index (χ2n) is 4.26. The lowest BCUT2D eigenvalue weighted by molar-refractivity contribution is -0.145. The van der Waals surface area contributed by atoms with Gasteiger partial charge in [0.1, 0.15) is 12.6 Å². The average Bonchev–Trinajstić information content (AvgIpc) is 2.59. The summed E-state index contributed by atoms with van der Waals surface area (Å²) in [7, 11) is 0. The van der Waals surface area contributed by atoms with E-state index in [9.17, 15) is 14.4 Å². The minimum Gasteiger partial charge on any atom is -0.480 e. The van der Waals surface area contributed by atoms with Crippen molar-refractivity contribution < 1.29 is 29.0 Å². The van der Waals surface area contributed by atoms with Crippen LogP contribution in [0.1, 0.15) is 12.5 Å². The summed E-state index contributed by atoms with van der Waals surface area (Å²) in [5, 5.41) is 9.95. The van der Waals surface area contributed by atoms with E-state index < -0.39 is 24.1 Å². The van der Waals surface area contributed by atoms with E-state index >= 15 is 0 Å². The molecule has 0 aliphatic rings. The molecule has 24 heavy (non-hydrogen) atoms. The molecule has 0 radical (unpaired) electrons. The van der Waals surface area contributed by atoms with Crippen molar-refractivity contribution in [3.63, 3.8) is 0 Å². The largest absolute Gasteiger partial charge is 0.480 e. The van der Waals surface area contributed by atoms with Crippen molar-refractivity contribution in [2.75, 3.05) is 19.0 Å².